The quantitative estimate of drug-likeness (QED) is 0.805. The molecule has 1 atom stereocenters. The fraction of sp³-hybridized carbons (Fsp3) is 0.316. The van der Waals surface area contributed by atoms with Crippen LogP contribution in [0, 0.1) is 0 Å². The van der Waals surface area contributed by atoms with Crippen molar-refractivity contribution in [2.75, 3.05) is 21.3 Å². The predicted octanol–water partition coefficient (Wildman–Crippen LogP) is 2.20. The fourth-order valence-electron chi connectivity index (χ4n) is 2.52. The lowest BCUT2D eigenvalue weighted by molar-refractivity contribution is -0.126. The van der Waals surface area contributed by atoms with Crippen LogP contribution in [0.25, 0.3) is 0 Å². The molecule has 0 saturated carbocycles. The first-order chi connectivity index (χ1) is 11.9. The summed E-state index contributed by atoms with van der Waals surface area (Å²) >= 11 is 0. The van der Waals surface area contributed by atoms with Gasteiger partial charge in [0, 0.05) is 12.1 Å². The summed E-state index contributed by atoms with van der Waals surface area (Å²) in [6.07, 6.45) is 0. The standard InChI is InChI=1S/C19H24N2O4/c1-19(20,13-8-6-5-7-9-13)18(22)21-12-15-16(24-3)10-14(23-2)11-17(15)25-4/h5-11H,12,20H2,1-4H3,(H,21,22). The number of nitrogens with two attached hydrogens (primary N) is 1. The van der Waals surface area contributed by atoms with Crippen LogP contribution < -0.4 is 25.3 Å². The number of methoxy groups -OCH3 is 3. The molecule has 0 fully saturated rings. The van der Waals surface area contributed by atoms with Crippen LogP contribution in [0.3, 0.4) is 0 Å². The Balaban J connectivity index is 2.22. The van der Waals surface area contributed by atoms with Gasteiger partial charge < -0.3 is 25.3 Å². The first kappa shape index (κ1) is 18.6. The average molecular weight is 344 g/mol. The maximum Gasteiger partial charge on any atom is 0.244 e. The lowest BCUT2D eigenvalue weighted by Crippen LogP contribution is -2.48. The van der Waals surface area contributed by atoms with Crippen molar-refractivity contribution in [3.05, 3.63) is 53.6 Å². The third-order valence-electron chi connectivity index (χ3n) is 4.09. The van der Waals surface area contributed by atoms with Gasteiger partial charge in [-0.3, -0.25) is 4.79 Å². The van der Waals surface area contributed by atoms with Gasteiger partial charge in [-0.15, -0.1) is 0 Å². The van der Waals surface area contributed by atoms with Crippen LogP contribution >= 0.6 is 0 Å². The van der Waals surface area contributed by atoms with Crippen LogP contribution in [0.2, 0.25) is 0 Å². The van der Waals surface area contributed by atoms with E-state index in [0.717, 1.165) is 5.56 Å². The van der Waals surface area contributed by atoms with E-state index in [9.17, 15) is 4.79 Å². The Morgan fingerprint density at radius 1 is 1.04 bits per heavy atom. The number of nitrogens with one attached hydrogen (secondary N) is 1. The summed E-state index contributed by atoms with van der Waals surface area (Å²) < 4.78 is 16.0. The van der Waals surface area contributed by atoms with Gasteiger partial charge in [-0.25, -0.2) is 0 Å². The van der Waals surface area contributed by atoms with E-state index in [4.69, 9.17) is 19.9 Å². The molecule has 2 aromatic rings. The van der Waals surface area contributed by atoms with E-state index in [-0.39, 0.29) is 12.5 Å². The Hall–Kier alpha value is -2.73. The molecule has 0 aromatic heterocycles. The smallest absolute Gasteiger partial charge is 0.244 e. The van der Waals surface area contributed by atoms with Crippen LogP contribution in [0.1, 0.15) is 18.1 Å². The van der Waals surface area contributed by atoms with Gasteiger partial charge in [-0.1, -0.05) is 30.3 Å². The van der Waals surface area contributed by atoms with Crippen molar-refractivity contribution in [3.8, 4) is 17.2 Å². The summed E-state index contributed by atoms with van der Waals surface area (Å²) in [6.45, 7) is 1.90. The van der Waals surface area contributed by atoms with Crippen molar-refractivity contribution in [3.63, 3.8) is 0 Å². The highest BCUT2D eigenvalue weighted by atomic mass is 16.5. The molecule has 0 saturated heterocycles. The minimum Gasteiger partial charge on any atom is -0.496 e. The van der Waals surface area contributed by atoms with E-state index in [1.807, 2.05) is 30.3 Å². The van der Waals surface area contributed by atoms with E-state index in [1.54, 1.807) is 40.4 Å². The van der Waals surface area contributed by atoms with Gasteiger partial charge >= 0.3 is 0 Å². The molecule has 0 aliphatic carbocycles. The molecule has 1 unspecified atom stereocenters. The number of rotatable bonds is 7. The van der Waals surface area contributed by atoms with E-state index in [0.29, 0.717) is 22.8 Å². The number of carbonyl (C=O) groups is 1. The molecular formula is C19H24N2O4. The zero-order valence-corrected chi connectivity index (χ0v) is 15.0. The molecule has 0 heterocycles. The van der Waals surface area contributed by atoms with Crippen molar-refractivity contribution in [1.29, 1.82) is 0 Å². The van der Waals surface area contributed by atoms with Crippen LogP contribution in [0.4, 0.5) is 0 Å². The minimum absolute atomic E-state index is 0.217. The molecule has 3 N–H and O–H groups in total. The number of benzene rings is 2. The lowest BCUT2D eigenvalue weighted by Gasteiger charge is -2.24. The number of hydrogen-bond donors (Lipinski definition) is 2. The molecule has 0 bridgehead atoms. The van der Waals surface area contributed by atoms with Crippen molar-refractivity contribution < 1.29 is 19.0 Å². The highest BCUT2D eigenvalue weighted by Crippen LogP contribution is 2.34. The Labute approximate surface area is 147 Å². The van der Waals surface area contributed by atoms with Crippen molar-refractivity contribution in [1.82, 2.24) is 5.32 Å². The summed E-state index contributed by atoms with van der Waals surface area (Å²) in [4.78, 5) is 12.6. The summed E-state index contributed by atoms with van der Waals surface area (Å²) in [7, 11) is 4.67. The second kappa shape index (κ2) is 7.90. The van der Waals surface area contributed by atoms with Crippen molar-refractivity contribution in [2.45, 2.75) is 19.0 Å². The monoisotopic (exact) mass is 344 g/mol. The second-order valence-corrected chi connectivity index (χ2v) is 5.76. The number of hydrogen-bond acceptors (Lipinski definition) is 5. The first-order valence-corrected chi connectivity index (χ1v) is 7.85. The average Bonchev–Trinajstić information content (AvgIpc) is 2.65. The zero-order valence-electron chi connectivity index (χ0n) is 15.0. The van der Waals surface area contributed by atoms with Gasteiger partial charge in [0.25, 0.3) is 0 Å². The molecule has 1 amide bonds. The maximum absolute atomic E-state index is 12.6. The SMILES string of the molecule is COc1cc(OC)c(CNC(=O)C(C)(N)c2ccccc2)c(OC)c1. The van der Waals surface area contributed by atoms with E-state index in [1.165, 1.54) is 0 Å². The third kappa shape index (κ3) is 4.03. The molecule has 6 heteroatoms. The molecule has 2 rings (SSSR count). The van der Waals surface area contributed by atoms with Crippen LogP contribution in [0.5, 0.6) is 17.2 Å². The molecule has 6 nitrogen and oxygen atoms in total. The van der Waals surface area contributed by atoms with Gasteiger partial charge in [-0.2, -0.15) is 0 Å². The van der Waals surface area contributed by atoms with Crippen molar-refractivity contribution >= 4 is 5.91 Å². The Morgan fingerprint density at radius 3 is 2.08 bits per heavy atom. The van der Waals surface area contributed by atoms with Gasteiger partial charge in [0.1, 0.15) is 22.8 Å². The third-order valence-corrected chi connectivity index (χ3v) is 4.09. The molecule has 2 aromatic carbocycles. The van der Waals surface area contributed by atoms with Gasteiger partial charge in [-0.05, 0) is 12.5 Å². The van der Waals surface area contributed by atoms with E-state index in [2.05, 4.69) is 5.32 Å². The summed E-state index contributed by atoms with van der Waals surface area (Å²) in [5.41, 5.74) is 6.54. The minimum atomic E-state index is -1.14. The number of amides is 1. The summed E-state index contributed by atoms with van der Waals surface area (Å²) in [5, 5.41) is 2.86. The van der Waals surface area contributed by atoms with Crippen LogP contribution in [-0.4, -0.2) is 27.2 Å². The highest BCUT2D eigenvalue weighted by Gasteiger charge is 2.30. The summed E-state index contributed by atoms with van der Waals surface area (Å²) in [5.74, 6) is 1.44. The van der Waals surface area contributed by atoms with E-state index < -0.39 is 5.54 Å². The molecule has 134 valence electrons. The molecular weight excluding hydrogens is 320 g/mol. The van der Waals surface area contributed by atoms with Crippen molar-refractivity contribution in [2.24, 2.45) is 5.73 Å². The maximum atomic E-state index is 12.6. The first-order valence-electron chi connectivity index (χ1n) is 7.85. The molecule has 25 heavy (non-hydrogen) atoms. The fourth-order valence-corrected chi connectivity index (χ4v) is 2.52. The summed E-state index contributed by atoms with van der Waals surface area (Å²) in [6, 6.07) is 12.7. The van der Waals surface area contributed by atoms with Crippen LogP contribution in [0.15, 0.2) is 42.5 Å². The topological polar surface area (TPSA) is 82.8 Å². The van der Waals surface area contributed by atoms with Crippen LogP contribution in [-0.2, 0) is 16.9 Å². The molecule has 0 aliphatic rings. The Bertz CT molecular complexity index is 704. The Kier molecular flexibility index (Phi) is 5.88. The molecule has 0 radical (unpaired) electrons. The molecule has 0 spiro atoms. The Morgan fingerprint density at radius 2 is 1.60 bits per heavy atom. The highest BCUT2D eigenvalue weighted by molar-refractivity contribution is 5.87. The van der Waals surface area contributed by atoms with Gasteiger partial charge in [0.15, 0.2) is 0 Å². The predicted molar refractivity (Wildman–Crippen MR) is 95.9 cm³/mol. The molecule has 0 aliphatic heterocycles. The lowest BCUT2D eigenvalue weighted by atomic mass is 9.92. The largest absolute Gasteiger partial charge is 0.496 e. The normalized spacial score (nSPS) is 12.8. The van der Waals surface area contributed by atoms with Gasteiger partial charge in [0.2, 0.25) is 5.91 Å². The van der Waals surface area contributed by atoms with Gasteiger partial charge in [0.05, 0.1) is 33.4 Å². The van der Waals surface area contributed by atoms with E-state index >= 15 is 0 Å². The zero-order chi connectivity index (χ0) is 18.4. The number of ether oxygens (including phenoxy) is 3. The second-order valence-electron chi connectivity index (χ2n) is 5.76. The number of carbonyl (C=O) groups excluding carboxylic acids is 1.